The monoisotopic (exact) mass is 393 g/mol. The van der Waals surface area contributed by atoms with Crippen molar-refractivity contribution in [1.29, 1.82) is 0 Å². The molecule has 1 aliphatic heterocycles. The van der Waals surface area contributed by atoms with E-state index >= 15 is 0 Å². The first-order valence-corrected chi connectivity index (χ1v) is 9.65. The SMILES string of the molecule is COc1cccc(CNC(=O)CN2C(=O)N[C@]3(CCCc4ccccc43)C2=O)c1. The molecule has 1 spiro atoms. The number of amides is 4. The number of urea groups is 1. The second-order valence-corrected chi connectivity index (χ2v) is 7.37. The fourth-order valence-corrected chi connectivity index (χ4v) is 4.14. The van der Waals surface area contributed by atoms with Crippen LogP contribution in [0.2, 0.25) is 0 Å². The summed E-state index contributed by atoms with van der Waals surface area (Å²) in [5.74, 6) is -0.0487. The van der Waals surface area contributed by atoms with Crippen LogP contribution in [0, 0.1) is 0 Å². The molecule has 2 aliphatic rings. The van der Waals surface area contributed by atoms with Crippen LogP contribution >= 0.6 is 0 Å². The zero-order valence-corrected chi connectivity index (χ0v) is 16.2. The Morgan fingerprint density at radius 2 is 2.03 bits per heavy atom. The number of nitrogens with one attached hydrogen (secondary N) is 2. The Bertz CT molecular complexity index is 974. The Morgan fingerprint density at radius 1 is 1.21 bits per heavy atom. The molecule has 0 unspecified atom stereocenters. The number of aryl methyl sites for hydroxylation is 1. The molecule has 29 heavy (non-hydrogen) atoms. The highest BCUT2D eigenvalue weighted by molar-refractivity contribution is 6.09. The second kappa shape index (κ2) is 7.58. The Balaban J connectivity index is 1.45. The maximum absolute atomic E-state index is 13.2. The van der Waals surface area contributed by atoms with Gasteiger partial charge in [0.1, 0.15) is 17.8 Å². The van der Waals surface area contributed by atoms with Gasteiger partial charge in [0.15, 0.2) is 0 Å². The minimum atomic E-state index is -1.06. The molecule has 4 rings (SSSR count). The van der Waals surface area contributed by atoms with E-state index in [9.17, 15) is 14.4 Å². The summed E-state index contributed by atoms with van der Waals surface area (Å²) in [4.78, 5) is 39.2. The Hall–Kier alpha value is -3.35. The molecule has 0 bridgehead atoms. The van der Waals surface area contributed by atoms with Crippen LogP contribution in [0.4, 0.5) is 4.79 Å². The van der Waals surface area contributed by atoms with Crippen molar-refractivity contribution in [3.63, 3.8) is 0 Å². The molecule has 2 aromatic rings. The van der Waals surface area contributed by atoms with Gasteiger partial charge in [0.05, 0.1) is 7.11 Å². The van der Waals surface area contributed by atoms with Gasteiger partial charge in [0.25, 0.3) is 5.91 Å². The van der Waals surface area contributed by atoms with Gasteiger partial charge < -0.3 is 15.4 Å². The quantitative estimate of drug-likeness (QED) is 0.762. The number of imide groups is 1. The topological polar surface area (TPSA) is 87.7 Å². The van der Waals surface area contributed by atoms with E-state index in [-0.39, 0.29) is 19.0 Å². The molecule has 1 heterocycles. The van der Waals surface area contributed by atoms with Crippen LogP contribution in [-0.4, -0.2) is 36.4 Å². The number of fused-ring (bicyclic) bond motifs is 2. The Morgan fingerprint density at radius 3 is 2.86 bits per heavy atom. The number of carbonyl (C=O) groups excluding carboxylic acids is 3. The molecule has 7 heteroatoms. The molecule has 0 saturated carbocycles. The van der Waals surface area contributed by atoms with E-state index in [0.717, 1.165) is 34.4 Å². The first kappa shape index (κ1) is 19.0. The zero-order valence-electron chi connectivity index (χ0n) is 16.2. The number of benzene rings is 2. The minimum Gasteiger partial charge on any atom is -0.497 e. The average molecular weight is 393 g/mol. The predicted octanol–water partition coefficient (Wildman–Crippen LogP) is 2.09. The van der Waals surface area contributed by atoms with Crippen molar-refractivity contribution in [2.75, 3.05) is 13.7 Å². The molecule has 0 aromatic heterocycles. The van der Waals surface area contributed by atoms with Crippen LogP contribution in [0.1, 0.15) is 29.5 Å². The summed E-state index contributed by atoms with van der Waals surface area (Å²) in [6.45, 7) is -0.0216. The zero-order chi connectivity index (χ0) is 20.4. The number of methoxy groups -OCH3 is 1. The lowest BCUT2D eigenvalue weighted by Gasteiger charge is -2.33. The van der Waals surface area contributed by atoms with Gasteiger partial charge in [-0.2, -0.15) is 0 Å². The van der Waals surface area contributed by atoms with Crippen LogP contribution in [0.15, 0.2) is 48.5 Å². The third-order valence-electron chi connectivity index (χ3n) is 5.58. The summed E-state index contributed by atoms with van der Waals surface area (Å²) in [6.07, 6.45) is 2.22. The molecule has 1 aliphatic carbocycles. The van der Waals surface area contributed by atoms with Gasteiger partial charge in [-0.15, -0.1) is 0 Å². The van der Waals surface area contributed by atoms with Crippen molar-refractivity contribution in [3.05, 3.63) is 65.2 Å². The summed E-state index contributed by atoms with van der Waals surface area (Å²) in [6, 6.07) is 14.5. The molecule has 1 saturated heterocycles. The number of rotatable bonds is 5. The molecule has 1 fully saturated rings. The molecule has 2 N–H and O–H groups in total. The maximum atomic E-state index is 13.2. The number of nitrogens with zero attached hydrogens (tertiary/aromatic N) is 1. The van der Waals surface area contributed by atoms with Crippen molar-refractivity contribution >= 4 is 17.8 Å². The van der Waals surface area contributed by atoms with E-state index in [1.165, 1.54) is 0 Å². The fourth-order valence-electron chi connectivity index (χ4n) is 4.14. The molecule has 4 amide bonds. The molecule has 0 radical (unpaired) electrons. The van der Waals surface area contributed by atoms with Crippen LogP contribution in [0.5, 0.6) is 5.75 Å². The van der Waals surface area contributed by atoms with Crippen LogP contribution in [-0.2, 0) is 28.1 Å². The second-order valence-electron chi connectivity index (χ2n) is 7.37. The number of ether oxygens (including phenoxy) is 1. The normalized spacial score (nSPS) is 20.4. The molecular weight excluding hydrogens is 370 g/mol. The van der Waals surface area contributed by atoms with Gasteiger partial charge in [-0.3, -0.25) is 14.5 Å². The highest BCUT2D eigenvalue weighted by Crippen LogP contribution is 2.39. The largest absolute Gasteiger partial charge is 0.497 e. The van der Waals surface area contributed by atoms with Gasteiger partial charge >= 0.3 is 6.03 Å². The lowest BCUT2D eigenvalue weighted by Crippen LogP contribution is -2.47. The molecule has 1 atom stereocenters. The molecular formula is C22H23N3O4. The number of hydrogen-bond donors (Lipinski definition) is 2. The van der Waals surface area contributed by atoms with Crippen LogP contribution in [0.25, 0.3) is 0 Å². The standard InChI is InChI=1S/C22H23N3O4/c1-29-17-9-4-6-15(12-17)13-23-19(26)14-25-20(27)22(24-21(25)28)11-5-8-16-7-2-3-10-18(16)22/h2-4,6-7,9-10,12H,5,8,11,13-14H2,1H3,(H,23,26)(H,24,28)/t22-/m0/s1. The van der Waals surface area contributed by atoms with E-state index in [0.29, 0.717) is 12.2 Å². The first-order valence-electron chi connectivity index (χ1n) is 9.65. The smallest absolute Gasteiger partial charge is 0.325 e. The van der Waals surface area contributed by atoms with Gasteiger partial charge in [-0.1, -0.05) is 36.4 Å². The average Bonchev–Trinajstić information content (AvgIpc) is 2.97. The Labute approximate surface area is 169 Å². The highest BCUT2D eigenvalue weighted by Gasteiger charge is 2.54. The highest BCUT2D eigenvalue weighted by atomic mass is 16.5. The summed E-state index contributed by atoms with van der Waals surface area (Å²) in [7, 11) is 1.58. The summed E-state index contributed by atoms with van der Waals surface area (Å²) in [5.41, 5.74) is 1.71. The number of hydrogen-bond acceptors (Lipinski definition) is 4. The third-order valence-corrected chi connectivity index (χ3v) is 5.58. The lowest BCUT2D eigenvalue weighted by molar-refractivity contribution is -0.135. The van der Waals surface area contributed by atoms with Crippen molar-refractivity contribution < 1.29 is 19.1 Å². The number of carbonyl (C=O) groups is 3. The van der Waals surface area contributed by atoms with Crippen LogP contribution < -0.4 is 15.4 Å². The first-order chi connectivity index (χ1) is 14.0. The third kappa shape index (κ3) is 3.44. The predicted molar refractivity (Wildman–Crippen MR) is 106 cm³/mol. The van der Waals surface area contributed by atoms with Gasteiger partial charge in [0.2, 0.25) is 5.91 Å². The van der Waals surface area contributed by atoms with Gasteiger partial charge in [-0.25, -0.2) is 4.79 Å². The van der Waals surface area contributed by atoms with Crippen molar-refractivity contribution in [1.82, 2.24) is 15.5 Å². The molecule has 7 nitrogen and oxygen atoms in total. The minimum absolute atomic E-state index is 0.285. The fraction of sp³-hybridized carbons (Fsp3) is 0.318. The van der Waals surface area contributed by atoms with E-state index in [4.69, 9.17) is 4.74 Å². The van der Waals surface area contributed by atoms with E-state index in [1.807, 2.05) is 48.5 Å². The lowest BCUT2D eigenvalue weighted by atomic mass is 9.76. The van der Waals surface area contributed by atoms with Gasteiger partial charge in [-0.05, 0) is 48.1 Å². The summed E-state index contributed by atoms with van der Waals surface area (Å²) < 4.78 is 5.17. The molecule has 2 aromatic carbocycles. The van der Waals surface area contributed by atoms with E-state index < -0.39 is 17.5 Å². The van der Waals surface area contributed by atoms with E-state index in [2.05, 4.69) is 10.6 Å². The maximum Gasteiger partial charge on any atom is 0.325 e. The van der Waals surface area contributed by atoms with Crippen LogP contribution in [0.3, 0.4) is 0 Å². The van der Waals surface area contributed by atoms with E-state index in [1.54, 1.807) is 7.11 Å². The van der Waals surface area contributed by atoms with Gasteiger partial charge in [0, 0.05) is 6.54 Å². The van der Waals surface area contributed by atoms with Crippen molar-refractivity contribution in [2.45, 2.75) is 31.3 Å². The van der Waals surface area contributed by atoms with Crippen molar-refractivity contribution in [3.8, 4) is 5.75 Å². The summed E-state index contributed by atoms with van der Waals surface area (Å²) in [5, 5.41) is 5.62. The Kier molecular flexibility index (Phi) is 4.96. The van der Waals surface area contributed by atoms with Crippen molar-refractivity contribution in [2.24, 2.45) is 0 Å². The summed E-state index contributed by atoms with van der Waals surface area (Å²) >= 11 is 0. The molecule has 150 valence electrons.